The first kappa shape index (κ1) is 18.3. The number of nitrogens with zero attached hydrogens (tertiary/aromatic N) is 2. The molecule has 2 fully saturated rings. The fourth-order valence-electron chi connectivity index (χ4n) is 4.09. The summed E-state index contributed by atoms with van der Waals surface area (Å²) in [5.74, 6) is -0.0645. The second kappa shape index (κ2) is 7.54. The Hall–Kier alpha value is -2.02. The summed E-state index contributed by atoms with van der Waals surface area (Å²) in [5, 5.41) is 15.0. The second-order valence-corrected chi connectivity index (χ2v) is 7.90. The number of aromatic nitrogens is 1. The molecule has 0 radical (unpaired) electrons. The molecule has 4 rings (SSSR count). The van der Waals surface area contributed by atoms with E-state index in [1.807, 2.05) is 37.5 Å². The normalized spacial score (nSPS) is 25.6. The van der Waals surface area contributed by atoms with E-state index in [0.29, 0.717) is 26.1 Å². The predicted molar refractivity (Wildman–Crippen MR) is 103 cm³/mol. The van der Waals surface area contributed by atoms with Gasteiger partial charge in [-0.25, -0.2) is 0 Å². The number of rotatable bonds is 4. The molecular weight excluding hydrogens is 342 g/mol. The summed E-state index contributed by atoms with van der Waals surface area (Å²) in [7, 11) is 2.01. The highest BCUT2D eigenvalue weighted by molar-refractivity contribution is 5.85. The molecule has 2 atom stereocenters. The highest BCUT2D eigenvalue weighted by atomic mass is 16.5. The molecule has 0 bridgehead atoms. The van der Waals surface area contributed by atoms with Crippen molar-refractivity contribution in [3.63, 3.8) is 0 Å². The van der Waals surface area contributed by atoms with Gasteiger partial charge in [-0.2, -0.15) is 0 Å². The van der Waals surface area contributed by atoms with Crippen molar-refractivity contribution in [1.82, 2.24) is 15.2 Å². The standard InChI is InChI=1S/C21H27N3O3/c1-24-10-7-21(26,8-11-24)20(25)23-19-14-27-13-16(19)12-15-6-9-22-18-5-3-2-4-17(15)18/h2-6,9,16,19,26H,7-8,10-14H2,1H3,(H,23,25)/t16-,19+/m1/s1. The molecule has 6 heteroatoms. The van der Waals surface area contributed by atoms with Crippen LogP contribution in [0.5, 0.6) is 0 Å². The summed E-state index contributed by atoms with van der Waals surface area (Å²) in [6.45, 7) is 2.58. The minimum absolute atomic E-state index is 0.0758. The van der Waals surface area contributed by atoms with Gasteiger partial charge >= 0.3 is 0 Å². The van der Waals surface area contributed by atoms with Gasteiger partial charge in [-0.3, -0.25) is 9.78 Å². The summed E-state index contributed by atoms with van der Waals surface area (Å²) < 4.78 is 5.67. The van der Waals surface area contributed by atoms with Crippen LogP contribution in [0.1, 0.15) is 18.4 Å². The van der Waals surface area contributed by atoms with Crippen LogP contribution in [0, 0.1) is 5.92 Å². The highest BCUT2D eigenvalue weighted by Crippen LogP contribution is 2.26. The quantitative estimate of drug-likeness (QED) is 0.851. The van der Waals surface area contributed by atoms with Gasteiger partial charge in [-0.05, 0) is 44.0 Å². The van der Waals surface area contributed by atoms with Crippen LogP contribution < -0.4 is 5.32 Å². The maximum Gasteiger partial charge on any atom is 0.252 e. The van der Waals surface area contributed by atoms with Crippen LogP contribution in [0.15, 0.2) is 36.5 Å². The average Bonchev–Trinajstić information content (AvgIpc) is 3.11. The van der Waals surface area contributed by atoms with Crippen LogP contribution >= 0.6 is 0 Å². The zero-order valence-corrected chi connectivity index (χ0v) is 15.7. The number of fused-ring (bicyclic) bond motifs is 1. The lowest BCUT2D eigenvalue weighted by molar-refractivity contribution is -0.145. The Kier molecular flexibility index (Phi) is 5.12. The molecule has 3 heterocycles. The van der Waals surface area contributed by atoms with Crippen LogP contribution in [-0.4, -0.2) is 65.9 Å². The summed E-state index contributed by atoms with van der Waals surface area (Å²) in [6, 6.07) is 10.1. The Balaban J connectivity index is 1.45. The Bertz CT molecular complexity index is 812. The molecule has 144 valence electrons. The van der Waals surface area contributed by atoms with Gasteiger partial charge in [-0.1, -0.05) is 18.2 Å². The van der Waals surface area contributed by atoms with Crippen molar-refractivity contribution >= 4 is 16.8 Å². The van der Waals surface area contributed by atoms with Crippen molar-refractivity contribution in [3.8, 4) is 0 Å². The fourth-order valence-corrected chi connectivity index (χ4v) is 4.09. The van der Waals surface area contributed by atoms with Gasteiger partial charge in [0.2, 0.25) is 0 Å². The topological polar surface area (TPSA) is 74.7 Å². The van der Waals surface area contributed by atoms with E-state index in [9.17, 15) is 9.90 Å². The van der Waals surface area contributed by atoms with E-state index in [1.54, 1.807) is 0 Å². The Morgan fingerprint density at radius 2 is 2.07 bits per heavy atom. The zero-order chi connectivity index (χ0) is 18.9. The highest BCUT2D eigenvalue weighted by Gasteiger charge is 2.41. The third kappa shape index (κ3) is 3.83. The number of hydrogen-bond acceptors (Lipinski definition) is 5. The SMILES string of the molecule is CN1CCC(O)(C(=O)N[C@H]2COC[C@H]2Cc2ccnc3ccccc23)CC1. The number of carbonyl (C=O) groups excluding carboxylic acids is 1. The van der Waals surface area contributed by atoms with E-state index < -0.39 is 5.60 Å². The molecular formula is C21H27N3O3. The van der Waals surface area contributed by atoms with Crippen LogP contribution in [0.2, 0.25) is 0 Å². The summed E-state index contributed by atoms with van der Waals surface area (Å²) in [4.78, 5) is 19.3. The average molecular weight is 369 g/mol. The molecule has 1 aromatic carbocycles. The van der Waals surface area contributed by atoms with E-state index >= 15 is 0 Å². The summed E-state index contributed by atoms with van der Waals surface area (Å²) in [6.07, 6.45) is 3.60. The van der Waals surface area contributed by atoms with Gasteiger partial charge in [0, 0.05) is 30.6 Å². The number of para-hydroxylation sites is 1. The van der Waals surface area contributed by atoms with Crippen molar-refractivity contribution < 1.29 is 14.6 Å². The third-order valence-corrected chi connectivity index (χ3v) is 5.97. The lowest BCUT2D eigenvalue weighted by atomic mass is 9.89. The molecule has 1 aromatic heterocycles. The van der Waals surface area contributed by atoms with Crippen molar-refractivity contribution in [1.29, 1.82) is 0 Å². The number of pyridine rings is 1. The van der Waals surface area contributed by atoms with Crippen molar-refractivity contribution in [3.05, 3.63) is 42.1 Å². The lowest BCUT2D eigenvalue weighted by Crippen LogP contribution is -2.56. The minimum atomic E-state index is -1.26. The van der Waals surface area contributed by atoms with Crippen LogP contribution in [-0.2, 0) is 16.0 Å². The van der Waals surface area contributed by atoms with E-state index in [-0.39, 0.29) is 17.9 Å². The monoisotopic (exact) mass is 369 g/mol. The van der Waals surface area contributed by atoms with E-state index in [1.165, 1.54) is 5.56 Å². The van der Waals surface area contributed by atoms with Crippen molar-refractivity contribution in [2.24, 2.45) is 5.92 Å². The van der Waals surface area contributed by atoms with E-state index in [0.717, 1.165) is 30.4 Å². The maximum atomic E-state index is 12.7. The number of benzene rings is 1. The molecule has 0 saturated carbocycles. The summed E-state index contributed by atoms with van der Waals surface area (Å²) >= 11 is 0. The molecule has 6 nitrogen and oxygen atoms in total. The van der Waals surface area contributed by atoms with Crippen molar-refractivity contribution in [2.75, 3.05) is 33.4 Å². The number of hydrogen-bond donors (Lipinski definition) is 2. The number of carbonyl (C=O) groups is 1. The van der Waals surface area contributed by atoms with Gasteiger partial charge in [0.15, 0.2) is 0 Å². The van der Waals surface area contributed by atoms with E-state index in [2.05, 4.69) is 21.3 Å². The number of likely N-dealkylation sites (tertiary alicyclic amines) is 1. The van der Waals surface area contributed by atoms with E-state index in [4.69, 9.17) is 4.74 Å². The largest absolute Gasteiger partial charge is 0.380 e. The summed E-state index contributed by atoms with van der Waals surface area (Å²) in [5.41, 5.74) is 0.937. The smallest absolute Gasteiger partial charge is 0.252 e. The molecule has 1 amide bonds. The molecule has 2 saturated heterocycles. The zero-order valence-electron chi connectivity index (χ0n) is 15.7. The molecule has 2 aliphatic rings. The van der Waals surface area contributed by atoms with Crippen LogP contribution in [0.25, 0.3) is 10.9 Å². The van der Waals surface area contributed by atoms with Gasteiger partial charge < -0.3 is 20.1 Å². The number of nitrogens with one attached hydrogen (secondary N) is 1. The van der Waals surface area contributed by atoms with Gasteiger partial charge in [0.25, 0.3) is 5.91 Å². The Morgan fingerprint density at radius 1 is 1.30 bits per heavy atom. The van der Waals surface area contributed by atoms with Crippen molar-refractivity contribution in [2.45, 2.75) is 30.9 Å². The van der Waals surface area contributed by atoms with Gasteiger partial charge in [-0.15, -0.1) is 0 Å². The maximum absolute atomic E-state index is 12.7. The fraction of sp³-hybridized carbons (Fsp3) is 0.524. The molecule has 2 aromatic rings. The number of piperidine rings is 1. The Labute approximate surface area is 159 Å². The van der Waals surface area contributed by atoms with Gasteiger partial charge in [0.05, 0.1) is 24.8 Å². The first-order valence-corrected chi connectivity index (χ1v) is 9.67. The molecule has 2 N–H and O–H groups in total. The molecule has 0 unspecified atom stereocenters. The number of amides is 1. The third-order valence-electron chi connectivity index (χ3n) is 5.97. The number of ether oxygens (including phenoxy) is 1. The van der Waals surface area contributed by atoms with Crippen LogP contribution in [0.4, 0.5) is 0 Å². The predicted octanol–water partition coefficient (Wildman–Crippen LogP) is 1.37. The first-order valence-electron chi connectivity index (χ1n) is 9.67. The molecule has 2 aliphatic heterocycles. The Morgan fingerprint density at radius 3 is 2.89 bits per heavy atom. The minimum Gasteiger partial charge on any atom is -0.380 e. The number of aliphatic hydroxyl groups is 1. The molecule has 0 aliphatic carbocycles. The lowest BCUT2D eigenvalue weighted by Gasteiger charge is -2.36. The van der Waals surface area contributed by atoms with Crippen LogP contribution in [0.3, 0.4) is 0 Å². The first-order chi connectivity index (χ1) is 13.0. The molecule has 0 spiro atoms. The molecule has 27 heavy (non-hydrogen) atoms. The second-order valence-electron chi connectivity index (χ2n) is 7.90. The van der Waals surface area contributed by atoms with Gasteiger partial charge in [0.1, 0.15) is 5.60 Å².